The van der Waals surface area contributed by atoms with Gasteiger partial charge in [-0.25, -0.2) is 4.79 Å². The molecule has 8 heteroatoms. The fraction of sp³-hybridized carbons (Fsp3) is 0.625. The van der Waals surface area contributed by atoms with Crippen LogP contribution in [0.4, 0.5) is 0 Å². The average Bonchev–Trinajstić information content (AvgIpc) is 2.15. The van der Waals surface area contributed by atoms with E-state index >= 15 is 0 Å². The van der Waals surface area contributed by atoms with Crippen molar-refractivity contribution in [2.75, 3.05) is 0 Å². The minimum atomic E-state index is -1.17. The smallest absolute Gasteiger partial charge is 0.363 e. The number of carboxylic acid groups (broad SMARTS) is 2. The maximum absolute atomic E-state index is 11.0. The molecule has 0 radical (unpaired) electrons. The first-order valence-corrected chi connectivity index (χ1v) is 5.16. The van der Waals surface area contributed by atoms with Gasteiger partial charge in [0.2, 0.25) is 0 Å². The van der Waals surface area contributed by atoms with Gasteiger partial charge in [0.1, 0.15) is 12.5 Å². The number of carboxylic acids is 2. The molecule has 1 heterocycles. The molecule has 0 saturated heterocycles. The van der Waals surface area contributed by atoms with Gasteiger partial charge in [-0.15, -0.1) is 0 Å². The summed E-state index contributed by atoms with van der Waals surface area (Å²) in [5, 5.41) is 21.4. The summed E-state index contributed by atoms with van der Waals surface area (Å²) in [4.78, 5) is 22.1. The molecule has 0 spiro atoms. The fourth-order valence-corrected chi connectivity index (χ4v) is 2.08. The Bertz CT molecular complexity index is 322. The molecule has 0 aliphatic carbocycles. The lowest BCUT2D eigenvalue weighted by atomic mass is 10.1. The monoisotopic (exact) mass is 247 g/mol. The normalized spacial score (nSPS) is 30.5. The second-order valence-electron chi connectivity index (χ2n) is 3.56. The molecular weight excluding hydrogens is 234 g/mol. The lowest BCUT2D eigenvalue weighted by molar-refractivity contribution is -0.942. The third-order valence-corrected chi connectivity index (χ3v) is 2.78. The zero-order chi connectivity index (χ0) is 12.3. The number of nitrogens with one attached hydrogen (secondary N) is 2. The first-order chi connectivity index (χ1) is 7.43. The van der Waals surface area contributed by atoms with E-state index in [0.29, 0.717) is 4.90 Å². The molecule has 1 rings (SSSR count). The van der Waals surface area contributed by atoms with Crippen molar-refractivity contribution in [1.29, 1.82) is 0 Å². The molecule has 7 nitrogen and oxygen atoms in total. The van der Waals surface area contributed by atoms with Crippen molar-refractivity contribution in [2.24, 2.45) is 5.10 Å². The van der Waals surface area contributed by atoms with Crippen LogP contribution in [0.5, 0.6) is 0 Å². The Morgan fingerprint density at radius 1 is 1.62 bits per heavy atom. The van der Waals surface area contributed by atoms with E-state index in [1.165, 1.54) is 6.21 Å². The Balaban J connectivity index is 2.87. The molecule has 90 valence electrons. The molecule has 0 amide bonds. The van der Waals surface area contributed by atoms with E-state index in [9.17, 15) is 9.59 Å². The molecule has 0 fully saturated rings. The first-order valence-electron chi connectivity index (χ1n) is 4.69. The van der Waals surface area contributed by atoms with E-state index < -0.39 is 29.9 Å². The minimum absolute atomic E-state index is 0.232. The summed E-state index contributed by atoms with van der Waals surface area (Å²) in [6, 6.07) is -1.31. The molecule has 0 bridgehead atoms. The van der Waals surface area contributed by atoms with Gasteiger partial charge < -0.3 is 27.7 Å². The Hall–Kier alpha value is -1.28. The fourth-order valence-electron chi connectivity index (χ4n) is 1.64. The Kier molecular flexibility index (Phi) is 4.13. The van der Waals surface area contributed by atoms with Crippen LogP contribution in [0.15, 0.2) is 5.10 Å². The SMILES string of the molecule is CC1C=NNC([S-])[NH+]1C(CC(=O)O)C(=O)O. The summed E-state index contributed by atoms with van der Waals surface area (Å²) in [5.74, 6) is -2.33. The molecule has 16 heavy (non-hydrogen) atoms. The zero-order valence-corrected chi connectivity index (χ0v) is 9.40. The molecule has 1 aliphatic rings. The number of rotatable bonds is 4. The Morgan fingerprint density at radius 3 is 2.69 bits per heavy atom. The highest BCUT2D eigenvalue weighted by molar-refractivity contribution is 7.59. The summed E-state index contributed by atoms with van der Waals surface area (Å²) in [7, 11) is 0. The summed E-state index contributed by atoms with van der Waals surface area (Å²) >= 11 is 5.02. The quantitative estimate of drug-likeness (QED) is 0.413. The van der Waals surface area contributed by atoms with Gasteiger partial charge in [-0.05, 0) is 6.92 Å². The molecular formula is C8H13N3O4S. The van der Waals surface area contributed by atoms with Crippen LogP contribution in [-0.2, 0) is 22.2 Å². The van der Waals surface area contributed by atoms with Gasteiger partial charge >= 0.3 is 11.9 Å². The van der Waals surface area contributed by atoms with Crippen LogP contribution >= 0.6 is 0 Å². The van der Waals surface area contributed by atoms with Crippen molar-refractivity contribution in [3.8, 4) is 0 Å². The molecule has 0 saturated carbocycles. The van der Waals surface area contributed by atoms with E-state index in [1.807, 2.05) is 0 Å². The van der Waals surface area contributed by atoms with Crippen LogP contribution in [0.2, 0.25) is 0 Å². The van der Waals surface area contributed by atoms with Gasteiger partial charge in [-0.2, -0.15) is 5.10 Å². The topological polar surface area (TPSA) is 103 Å². The van der Waals surface area contributed by atoms with Crippen LogP contribution < -0.4 is 10.3 Å². The largest absolute Gasteiger partial charge is 0.703 e. The number of hydrogen-bond donors (Lipinski definition) is 4. The van der Waals surface area contributed by atoms with Crippen LogP contribution in [-0.4, -0.2) is 45.9 Å². The highest BCUT2D eigenvalue weighted by Crippen LogP contribution is 1.93. The molecule has 0 aromatic rings. The van der Waals surface area contributed by atoms with Crippen LogP contribution in [0.1, 0.15) is 13.3 Å². The number of aliphatic carboxylic acids is 2. The molecule has 0 aromatic heterocycles. The minimum Gasteiger partial charge on any atom is -0.703 e. The highest BCUT2D eigenvalue weighted by atomic mass is 32.1. The molecule has 4 atom stereocenters. The van der Waals surface area contributed by atoms with Crippen LogP contribution in [0, 0.1) is 0 Å². The number of quaternary nitrogens is 1. The van der Waals surface area contributed by atoms with Crippen LogP contribution in [0.25, 0.3) is 0 Å². The summed E-state index contributed by atoms with van der Waals surface area (Å²) in [6.07, 6.45) is 1.06. The van der Waals surface area contributed by atoms with E-state index in [2.05, 4.69) is 10.5 Å². The molecule has 4 N–H and O–H groups in total. The van der Waals surface area contributed by atoms with Gasteiger partial charge in [0, 0.05) is 0 Å². The maximum atomic E-state index is 11.0. The van der Waals surface area contributed by atoms with Crippen molar-refractivity contribution in [3.05, 3.63) is 0 Å². The summed E-state index contributed by atoms with van der Waals surface area (Å²) in [6.45, 7) is 1.75. The van der Waals surface area contributed by atoms with Gasteiger partial charge in [0.15, 0.2) is 6.04 Å². The van der Waals surface area contributed by atoms with Gasteiger partial charge in [-0.1, -0.05) is 0 Å². The van der Waals surface area contributed by atoms with Crippen LogP contribution in [0.3, 0.4) is 0 Å². The molecule has 4 unspecified atom stereocenters. The van der Waals surface area contributed by atoms with Gasteiger partial charge in [0.25, 0.3) is 0 Å². The summed E-state index contributed by atoms with van der Waals surface area (Å²) in [5.41, 5.74) is 1.92. The Morgan fingerprint density at radius 2 is 2.25 bits per heavy atom. The first kappa shape index (κ1) is 12.8. The van der Waals surface area contributed by atoms with Crippen molar-refractivity contribution < 1.29 is 24.7 Å². The predicted molar refractivity (Wildman–Crippen MR) is 56.9 cm³/mol. The standard InChI is InChI=1S/C8H13N3O4S/c1-4-3-9-10-8(16)11(4)5(7(14)15)2-6(12)13/h3-5,8,10,16H,2H2,1H3,(H,12,13)(H,14,15). The second kappa shape index (κ2) is 5.17. The van der Waals surface area contributed by atoms with Gasteiger partial charge in [0.05, 0.1) is 11.7 Å². The third-order valence-electron chi connectivity index (χ3n) is 2.40. The lowest BCUT2D eigenvalue weighted by Crippen LogP contribution is -3.25. The predicted octanol–water partition coefficient (Wildman–Crippen LogP) is -2.39. The molecule has 0 aromatic carbocycles. The third kappa shape index (κ3) is 2.86. The number of carbonyl (C=O) groups is 2. The maximum Gasteiger partial charge on any atom is 0.363 e. The van der Waals surface area contributed by atoms with Crippen molar-refractivity contribution in [1.82, 2.24) is 5.43 Å². The molecule has 1 aliphatic heterocycles. The van der Waals surface area contributed by atoms with Crippen molar-refractivity contribution in [3.63, 3.8) is 0 Å². The van der Waals surface area contributed by atoms with E-state index in [4.69, 9.17) is 22.8 Å². The number of hydrogen-bond acceptors (Lipinski definition) is 5. The highest BCUT2D eigenvalue weighted by Gasteiger charge is 2.37. The van der Waals surface area contributed by atoms with E-state index in [1.54, 1.807) is 6.92 Å². The lowest BCUT2D eigenvalue weighted by Gasteiger charge is -2.41. The van der Waals surface area contributed by atoms with Crippen molar-refractivity contribution >= 4 is 30.8 Å². The second-order valence-corrected chi connectivity index (χ2v) is 4.04. The van der Waals surface area contributed by atoms with Gasteiger partial charge in [-0.3, -0.25) is 10.2 Å². The average molecular weight is 247 g/mol. The number of hydrazone groups is 1. The van der Waals surface area contributed by atoms with Crippen molar-refractivity contribution in [2.45, 2.75) is 30.9 Å². The Labute approximate surface area is 97.5 Å². The van der Waals surface area contributed by atoms with E-state index in [0.717, 1.165) is 0 Å². The summed E-state index contributed by atoms with van der Waals surface area (Å²) < 4.78 is 0. The zero-order valence-electron chi connectivity index (χ0n) is 8.58. The van der Waals surface area contributed by atoms with E-state index in [-0.39, 0.29) is 6.04 Å². The number of nitrogens with zero attached hydrogens (tertiary/aromatic N) is 1.